The number of aromatic amines is 1. The van der Waals surface area contributed by atoms with Crippen LogP contribution in [0.25, 0.3) is 11.1 Å². The first-order valence-corrected chi connectivity index (χ1v) is 11.3. The molecule has 0 aliphatic heterocycles. The number of nitrogens with one attached hydrogen (secondary N) is 2. The largest absolute Gasteiger partial charge is 0.351 e. The van der Waals surface area contributed by atoms with Gasteiger partial charge in [0.1, 0.15) is 6.04 Å². The molecule has 1 heterocycles. The van der Waals surface area contributed by atoms with E-state index < -0.39 is 36.8 Å². The molecule has 0 saturated heterocycles. The number of anilines is 1. The van der Waals surface area contributed by atoms with Crippen LogP contribution in [0.5, 0.6) is 0 Å². The fourth-order valence-corrected chi connectivity index (χ4v) is 4.51. The third-order valence-electron chi connectivity index (χ3n) is 5.49. The molecule has 0 spiro atoms. The Bertz CT molecular complexity index is 1100. The van der Waals surface area contributed by atoms with Gasteiger partial charge >= 0.3 is 0 Å². The number of nitrogens with zero attached hydrogens (tertiary/aromatic N) is 2. The summed E-state index contributed by atoms with van der Waals surface area (Å²) < 4.78 is 26.6. The number of carbonyl (C=O) groups excluding carboxylic acids is 2. The Balaban J connectivity index is 1.72. The van der Waals surface area contributed by atoms with Crippen LogP contribution in [0.1, 0.15) is 24.4 Å². The zero-order chi connectivity index (χ0) is 22.7. The smallest absolute Gasteiger partial charge is 0.252 e. The molecule has 0 bridgehead atoms. The Labute approximate surface area is 188 Å². The number of aromatic nitrogens is 2. The lowest BCUT2D eigenvalue weighted by Gasteiger charge is -2.37. The number of halogens is 2. The highest BCUT2D eigenvalue weighted by Gasteiger charge is 2.47. The van der Waals surface area contributed by atoms with Crippen molar-refractivity contribution in [3.63, 3.8) is 0 Å². The van der Waals surface area contributed by atoms with Gasteiger partial charge in [-0.15, -0.1) is 11.8 Å². The summed E-state index contributed by atoms with van der Waals surface area (Å²) in [5.41, 5.74) is 2.79. The van der Waals surface area contributed by atoms with E-state index in [1.54, 1.807) is 42.7 Å². The lowest BCUT2D eigenvalue weighted by molar-refractivity contribution is -0.131. The Morgan fingerprint density at radius 1 is 1.25 bits per heavy atom. The zero-order valence-corrected chi connectivity index (χ0v) is 18.1. The monoisotopic (exact) mass is 456 g/mol. The summed E-state index contributed by atoms with van der Waals surface area (Å²) in [4.78, 5) is 27.8. The number of thioether (sulfide) groups is 1. The van der Waals surface area contributed by atoms with Gasteiger partial charge in [-0.3, -0.25) is 19.6 Å². The third-order valence-corrected chi connectivity index (χ3v) is 6.30. The maximum atomic E-state index is 13.3. The lowest BCUT2D eigenvalue weighted by Crippen LogP contribution is -2.53. The predicted molar refractivity (Wildman–Crippen MR) is 120 cm³/mol. The summed E-state index contributed by atoms with van der Waals surface area (Å²) in [5.74, 6) is -3.25. The van der Waals surface area contributed by atoms with Gasteiger partial charge in [0.15, 0.2) is 0 Å². The Morgan fingerprint density at radius 2 is 2.03 bits per heavy atom. The van der Waals surface area contributed by atoms with Gasteiger partial charge < -0.3 is 5.32 Å². The molecule has 1 aromatic heterocycles. The Hall–Kier alpha value is -3.20. The molecule has 1 aliphatic carbocycles. The maximum Gasteiger partial charge on any atom is 0.252 e. The fraction of sp³-hybridized carbons (Fsp3) is 0.261. The molecule has 166 valence electrons. The van der Waals surface area contributed by atoms with Gasteiger partial charge in [-0.1, -0.05) is 30.3 Å². The first-order chi connectivity index (χ1) is 15.4. The molecular formula is C23H22F2N4O2S. The zero-order valence-electron chi connectivity index (χ0n) is 17.3. The summed E-state index contributed by atoms with van der Waals surface area (Å²) >= 11 is 1.45. The normalized spacial score (nSPS) is 16.1. The molecule has 1 atom stereocenters. The fourth-order valence-electron chi connectivity index (χ4n) is 3.88. The number of H-pyrrole nitrogens is 1. The molecule has 6 nitrogen and oxygen atoms in total. The number of carbonyl (C=O) groups is 2. The van der Waals surface area contributed by atoms with Crippen LogP contribution >= 0.6 is 11.8 Å². The highest BCUT2D eigenvalue weighted by Crippen LogP contribution is 2.39. The van der Waals surface area contributed by atoms with Crippen molar-refractivity contribution < 1.29 is 18.4 Å². The van der Waals surface area contributed by atoms with Gasteiger partial charge in [-0.2, -0.15) is 5.10 Å². The van der Waals surface area contributed by atoms with Crippen LogP contribution < -0.4 is 10.2 Å². The van der Waals surface area contributed by atoms with Crippen molar-refractivity contribution in [2.75, 3.05) is 11.2 Å². The van der Waals surface area contributed by atoms with Crippen molar-refractivity contribution in [2.45, 2.75) is 35.7 Å². The molecular weight excluding hydrogens is 434 g/mol. The predicted octanol–water partition coefficient (Wildman–Crippen LogP) is 4.42. The number of benzene rings is 2. The number of rotatable bonds is 8. The molecule has 1 aliphatic rings. The second-order valence-corrected chi connectivity index (χ2v) is 8.51. The van der Waals surface area contributed by atoms with E-state index in [2.05, 4.69) is 15.5 Å². The molecule has 9 heteroatoms. The van der Waals surface area contributed by atoms with Crippen molar-refractivity contribution in [1.82, 2.24) is 15.5 Å². The van der Waals surface area contributed by atoms with Crippen LogP contribution in [-0.4, -0.2) is 40.7 Å². The molecule has 1 saturated carbocycles. The molecule has 3 aromatic rings. The topological polar surface area (TPSA) is 78.1 Å². The van der Waals surface area contributed by atoms with Crippen molar-refractivity contribution >= 4 is 29.8 Å². The van der Waals surface area contributed by atoms with E-state index in [0.29, 0.717) is 17.7 Å². The highest BCUT2D eigenvalue weighted by atomic mass is 32.2. The van der Waals surface area contributed by atoms with Gasteiger partial charge in [0.25, 0.3) is 5.92 Å². The third kappa shape index (κ3) is 4.52. The second-order valence-electron chi connectivity index (χ2n) is 7.66. The SMILES string of the molecule is CSc1ccccc1C(C(=O)NC1CC(F)(F)C1)N(C=O)c1cccc(-c2cn[nH]c2)c1. The molecule has 4 rings (SSSR count). The number of alkyl halides is 2. The van der Waals surface area contributed by atoms with Gasteiger partial charge in [-0.05, 0) is 35.6 Å². The average molecular weight is 457 g/mol. The van der Waals surface area contributed by atoms with Gasteiger partial charge in [0, 0.05) is 41.2 Å². The summed E-state index contributed by atoms with van der Waals surface area (Å²) in [6.07, 6.45) is 5.08. The Kier molecular flexibility index (Phi) is 6.27. The van der Waals surface area contributed by atoms with Crippen molar-refractivity contribution in [3.05, 3.63) is 66.5 Å². The van der Waals surface area contributed by atoms with Crippen LogP contribution in [0.15, 0.2) is 65.8 Å². The molecule has 2 amide bonds. The molecule has 2 aromatic carbocycles. The van der Waals surface area contributed by atoms with E-state index >= 15 is 0 Å². The first kappa shape index (κ1) is 22.0. The molecule has 32 heavy (non-hydrogen) atoms. The highest BCUT2D eigenvalue weighted by molar-refractivity contribution is 7.98. The number of hydrogen-bond acceptors (Lipinski definition) is 4. The molecule has 2 N–H and O–H groups in total. The number of amides is 2. The maximum absolute atomic E-state index is 13.3. The van der Waals surface area contributed by atoms with Crippen molar-refractivity contribution in [2.24, 2.45) is 0 Å². The van der Waals surface area contributed by atoms with E-state index in [-0.39, 0.29) is 0 Å². The minimum absolute atomic E-state index is 0.396. The van der Waals surface area contributed by atoms with E-state index in [9.17, 15) is 18.4 Å². The van der Waals surface area contributed by atoms with E-state index in [0.717, 1.165) is 16.0 Å². The summed E-state index contributed by atoms with van der Waals surface area (Å²) in [6.45, 7) is 0. The summed E-state index contributed by atoms with van der Waals surface area (Å²) in [7, 11) is 0. The van der Waals surface area contributed by atoms with Crippen LogP contribution in [-0.2, 0) is 9.59 Å². The van der Waals surface area contributed by atoms with E-state index in [1.807, 2.05) is 24.5 Å². The quantitative estimate of drug-likeness (QED) is 0.389. The summed E-state index contributed by atoms with van der Waals surface area (Å²) in [6, 6.07) is 12.8. The van der Waals surface area contributed by atoms with Crippen molar-refractivity contribution in [1.29, 1.82) is 0 Å². The second kappa shape index (κ2) is 9.12. The Morgan fingerprint density at radius 3 is 2.69 bits per heavy atom. The van der Waals surface area contributed by atoms with Crippen LogP contribution in [0.4, 0.5) is 14.5 Å². The van der Waals surface area contributed by atoms with Crippen LogP contribution in [0.3, 0.4) is 0 Å². The molecule has 0 radical (unpaired) electrons. The standard InChI is InChI=1S/C23H22F2N4O2S/c1-32-20-8-3-2-7-19(20)21(22(31)28-17-10-23(24,25)11-17)29(14-30)18-6-4-5-15(9-18)16-12-26-27-13-16/h2-9,12-14,17,21H,10-11H2,1H3,(H,26,27)(H,28,31). The van der Waals surface area contributed by atoms with Gasteiger partial charge in [-0.25, -0.2) is 8.78 Å². The minimum Gasteiger partial charge on any atom is -0.351 e. The average Bonchev–Trinajstić information content (AvgIpc) is 3.31. The van der Waals surface area contributed by atoms with Crippen LogP contribution in [0.2, 0.25) is 0 Å². The van der Waals surface area contributed by atoms with E-state index in [1.165, 1.54) is 16.7 Å². The van der Waals surface area contributed by atoms with Gasteiger partial charge in [0.2, 0.25) is 12.3 Å². The van der Waals surface area contributed by atoms with E-state index in [4.69, 9.17) is 0 Å². The first-order valence-electron chi connectivity index (χ1n) is 10.1. The number of hydrogen-bond donors (Lipinski definition) is 2. The van der Waals surface area contributed by atoms with Crippen LogP contribution in [0, 0.1) is 0 Å². The summed E-state index contributed by atoms with van der Waals surface area (Å²) in [5, 5.41) is 9.41. The minimum atomic E-state index is -2.76. The molecule has 1 fully saturated rings. The molecule has 1 unspecified atom stereocenters. The van der Waals surface area contributed by atoms with Crippen molar-refractivity contribution in [3.8, 4) is 11.1 Å². The lowest BCUT2D eigenvalue weighted by atomic mass is 9.87. The van der Waals surface area contributed by atoms with Gasteiger partial charge in [0.05, 0.1) is 6.20 Å².